The number of nitrogens with one attached hydrogen (secondary N) is 2. The van der Waals surface area contributed by atoms with Crippen molar-refractivity contribution in [3.05, 3.63) is 59.7 Å². The molecule has 0 bridgehead atoms. The van der Waals surface area contributed by atoms with Gasteiger partial charge in [-0.25, -0.2) is 0 Å². The van der Waals surface area contributed by atoms with Crippen molar-refractivity contribution < 1.29 is 19.2 Å². The van der Waals surface area contributed by atoms with Gasteiger partial charge in [-0.15, -0.1) is 0 Å². The lowest BCUT2D eigenvalue weighted by molar-refractivity contribution is -0.121. The van der Waals surface area contributed by atoms with Gasteiger partial charge in [0.2, 0.25) is 11.8 Å². The number of anilines is 2. The van der Waals surface area contributed by atoms with E-state index in [-0.39, 0.29) is 36.1 Å². The fourth-order valence-electron chi connectivity index (χ4n) is 3.03. The Bertz CT molecular complexity index is 952. The maximum atomic E-state index is 12.8. The van der Waals surface area contributed by atoms with E-state index < -0.39 is 5.91 Å². The summed E-state index contributed by atoms with van der Waals surface area (Å²) < 4.78 is 0. The highest BCUT2D eigenvalue weighted by Crippen LogP contribution is 2.24. The molecule has 150 valence electrons. The zero-order valence-corrected chi connectivity index (χ0v) is 16.4. The normalized spacial score (nSPS) is 13.7. The van der Waals surface area contributed by atoms with Crippen molar-refractivity contribution in [3.8, 4) is 0 Å². The van der Waals surface area contributed by atoms with E-state index in [1.807, 2.05) is 13.8 Å². The SMILES string of the molecule is CC(C)CNC(=O)c1ccccc1NC(=O)c1cccc(N2C(=O)CCC2=O)c1. The molecule has 2 aromatic carbocycles. The van der Waals surface area contributed by atoms with Crippen LogP contribution in [0.1, 0.15) is 47.4 Å². The second-order valence-electron chi connectivity index (χ2n) is 7.28. The molecular weight excluding hydrogens is 370 g/mol. The first-order valence-corrected chi connectivity index (χ1v) is 9.51. The van der Waals surface area contributed by atoms with Crippen LogP contribution in [0.3, 0.4) is 0 Å². The molecule has 0 unspecified atom stereocenters. The number of amides is 4. The number of hydrogen-bond donors (Lipinski definition) is 2. The lowest BCUT2D eigenvalue weighted by atomic mass is 10.1. The van der Waals surface area contributed by atoms with Gasteiger partial charge in [0, 0.05) is 24.9 Å². The van der Waals surface area contributed by atoms with Gasteiger partial charge < -0.3 is 10.6 Å². The van der Waals surface area contributed by atoms with Gasteiger partial charge in [-0.3, -0.25) is 24.1 Å². The first-order chi connectivity index (χ1) is 13.9. The highest BCUT2D eigenvalue weighted by atomic mass is 16.2. The van der Waals surface area contributed by atoms with Crippen molar-refractivity contribution in [1.82, 2.24) is 5.32 Å². The maximum Gasteiger partial charge on any atom is 0.255 e. The molecule has 0 spiro atoms. The minimum Gasteiger partial charge on any atom is -0.352 e. The molecule has 0 saturated carbocycles. The van der Waals surface area contributed by atoms with Gasteiger partial charge in [-0.05, 0) is 36.2 Å². The largest absolute Gasteiger partial charge is 0.352 e. The van der Waals surface area contributed by atoms with Crippen LogP contribution in [0.4, 0.5) is 11.4 Å². The van der Waals surface area contributed by atoms with E-state index in [2.05, 4.69) is 10.6 Å². The molecule has 1 saturated heterocycles. The third kappa shape index (κ3) is 4.68. The molecule has 2 aromatic rings. The first kappa shape index (κ1) is 20.3. The quantitative estimate of drug-likeness (QED) is 0.738. The zero-order valence-electron chi connectivity index (χ0n) is 16.4. The molecule has 1 aliphatic heterocycles. The molecule has 2 N–H and O–H groups in total. The van der Waals surface area contributed by atoms with E-state index in [1.165, 1.54) is 6.07 Å². The minimum atomic E-state index is -0.435. The first-order valence-electron chi connectivity index (χ1n) is 9.51. The lowest BCUT2D eigenvalue weighted by Crippen LogP contribution is -2.29. The Morgan fingerprint density at radius 3 is 2.34 bits per heavy atom. The molecule has 0 atom stereocenters. The predicted octanol–water partition coefficient (Wildman–Crippen LogP) is 2.98. The summed E-state index contributed by atoms with van der Waals surface area (Å²) in [6, 6.07) is 13.1. The monoisotopic (exact) mass is 393 g/mol. The number of nitrogens with zero attached hydrogens (tertiary/aromatic N) is 1. The average molecular weight is 393 g/mol. The molecule has 0 aliphatic carbocycles. The number of para-hydroxylation sites is 1. The number of carbonyl (C=O) groups is 4. The van der Waals surface area contributed by atoms with E-state index >= 15 is 0 Å². The Kier molecular flexibility index (Phi) is 6.07. The molecule has 3 rings (SSSR count). The molecule has 1 heterocycles. The standard InChI is InChI=1S/C22H23N3O4/c1-14(2)13-23-22(29)17-8-3-4-9-18(17)24-21(28)15-6-5-7-16(12-15)25-19(26)10-11-20(25)27/h3-9,12,14H,10-11,13H2,1-2H3,(H,23,29)(H,24,28). The summed E-state index contributed by atoms with van der Waals surface area (Å²) in [5.41, 5.74) is 1.40. The molecular formula is C22H23N3O4. The van der Waals surface area contributed by atoms with E-state index in [4.69, 9.17) is 0 Å². The summed E-state index contributed by atoms with van der Waals surface area (Å²) in [5, 5.41) is 5.58. The van der Waals surface area contributed by atoms with Crippen LogP contribution in [-0.4, -0.2) is 30.2 Å². The lowest BCUT2D eigenvalue weighted by Gasteiger charge is -2.15. The number of benzene rings is 2. The Balaban J connectivity index is 1.79. The molecule has 0 aromatic heterocycles. The smallest absolute Gasteiger partial charge is 0.255 e. The van der Waals surface area contributed by atoms with Gasteiger partial charge in [0.15, 0.2) is 0 Å². The predicted molar refractivity (Wildman–Crippen MR) is 110 cm³/mol. The summed E-state index contributed by atoms with van der Waals surface area (Å²) in [7, 11) is 0. The van der Waals surface area contributed by atoms with Crippen LogP contribution < -0.4 is 15.5 Å². The summed E-state index contributed by atoms with van der Waals surface area (Å²) >= 11 is 0. The third-order valence-electron chi connectivity index (χ3n) is 4.51. The van der Waals surface area contributed by atoms with Gasteiger partial charge in [0.25, 0.3) is 11.8 Å². The molecule has 4 amide bonds. The van der Waals surface area contributed by atoms with E-state index in [0.717, 1.165) is 4.90 Å². The van der Waals surface area contributed by atoms with Crippen LogP contribution in [0.2, 0.25) is 0 Å². The molecule has 1 fully saturated rings. The average Bonchev–Trinajstić information content (AvgIpc) is 3.04. The van der Waals surface area contributed by atoms with Crippen LogP contribution in [0.25, 0.3) is 0 Å². The highest BCUT2D eigenvalue weighted by Gasteiger charge is 2.30. The second kappa shape index (κ2) is 8.68. The highest BCUT2D eigenvalue weighted by molar-refractivity contribution is 6.20. The van der Waals surface area contributed by atoms with E-state index in [1.54, 1.807) is 42.5 Å². The molecule has 7 heteroatoms. The van der Waals surface area contributed by atoms with Crippen molar-refractivity contribution in [2.24, 2.45) is 5.92 Å². The van der Waals surface area contributed by atoms with Crippen molar-refractivity contribution in [1.29, 1.82) is 0 Å². The van der Waals surface area contributed by atoms with Crippen LogP contribution >= 0.6 is 0 Å². The van der Waals surface area contributed by atoms with Crippen molar-refractivity contribution in [3.63, 3.8) is 0 Å². The fraction of sp³-hybridized carbons (Fsp3) is 0.273. The second-order valence-corrected chi connectivity index (χ2v) is 7.28. The zero-order chi connectivity index (χ0) is 21.0. The van der Waals surface area contributed by atoms with Crippen LogP contribution in [0.15, 0.2) is 48.5 Å². The minimum absolute atomic E-state index is 0.175. The van der Waals surface area contributed by atoms with Gasteiger partial charge >= 0.3 is 0 Å². The Labute approximate surface area is 169 Å². The van der Waals surface area contributed by atoms with Gasteiger partial charge in [0.05, 0.1) is 16.9 Å². The Morgan fingerprint density at radius 2 is 1.66 bits per heavy atom. The molecule has 1 aliphatic rings. The Hall–Kier alpha value is -3.48. The summed E-state index contributed by atoms with van der Waals surface area (Å²) in [5.74, 6) is -0.953. The van der Waals surface area contributed by atoms with Crippen LogP contribution in [0.5, 0.6) is 0 Å². The van der Waals surface area contributed by atoms with Crippen LogP contribution in [-0.2, 0) is 9.59 Å². The van der Waals surface area contributed by atoms with Crippen molar-refractivity contribution in [2.75, 3.05) is 16.8 Å². The van der Waals surface area contributed by atoms with Crippen molar-refractivity contribution >= 4 is 35.0 Å². The van der Waals surface area contributed by atoms with Gasteiger partial charge in [-0.1, -0.05) is 32.0 Å². The van der Waals surface area contributed by atoms with Crippen molar-refractivity contribution in [2.45, 2.75) is 26.7 Å². The maximum absolute atomic E-state index is 12.8. The van der Waals surface area contributed by atoms with Gasteiger partial charge in [0.1, 0.15) is 0 Å². The molecule has 29 heavy (non-hydrogen) atoms. The molecule has 0 radical (unpaired) electrons. The number of rotatable bonds is 6. The van der Waals surface area contributed by atoms with Gasteiger partial charge in [-0.2, -0.15) is 0 Å². The number of carbonyl (C=O) groups excluding carboxylic acids is 4. The Morgan fingerprint density at radius 1 is 0.966 bits per heavy atom. The summed E-state index contributed by atoms with van der Waals surface area (Å²) in [6.45, 7) is 4.52. The number of imide groups is 1. The third-order valence-corrected chi connectivity index (χ3v) is 4.51. The number of hydrogen-bond acceptors (Lipinski definition) is 4. The molecule has 7 nitrogen and oxygen atoms in total. The van der Waals surface area contributed by atoms with E-state index in [9.17, 15) is 19.2 Å². The van der Waals surface area contributed by atoms with E-state index in [0.29, 0.717) is 29.4 Å². The van der Waals surface area contributed by atoms with Crippen LogP contribution in [0, 0.1) is 5.92 Å². The summed E-state index contributed by atoms with van der Waals surface area (Å²) in [4.78, 5) is 50.2. The topological polar surface area (TPSA) is 95.6 Å². The fourth-order valence-corrected chi connectivity index (χ4v) is 3.03. The summed E-state index contributed by atoms with van der Waals surface area (Å²) in [6.07, 6.45) is 0.349.